The van der Waals surface area contributed by atoms with Crippen LogP contribution in [0.25, 0.3) is 0 Å². The molecule has 6 heteroatoms. The quantitative estimate of drug-likeness (QED) is 0.858. The molecule has 0 fully saturated rings. The molecule has 20 heavy (non-hydrogen) atoms. The predicted molar refractivity (Wildman–Crippen MR) is 81.2 cm³/mol. The third-order valence-electron chi connectivity index (χ3n) is 2.86. The molecule has 5 nitrogen and oxygen atoms in total. The number of ether oxygens (including phenoxy) is 1. The van der Waals surface area contributed by atoms with Gasteiger partial charge in [0.25, 0.3) is 5.56 Å². The first-order chi connectivity index (χ1) is 9.51. The molecule has 0 saturated heterocycles. The van der Waals surface area contributed by atoms with Crippen molar-refractivity contribution in [2.75, 3.05) is 7.11 Å². The zero-order valence-corrected chi connectivity index (χ0v) is 12.1. The average Bonchev–Trinajstić information content (AvgIpc) is 2.42. The van der Waals surface area contributed by atoms with E-state index in [1.165, 1.54) is 10.7 Å². The predicted octanol–water partition coefficient (Wildman–Crippen LogP) is 1.24. The molecule has 0 bridgehead atoms. The Labute approximate surface area is 122 Å². The maximum Gasteiger partial charge on any atom is 0.267 e. The van der Waals surface area contributed by atoms with Crippen molar-refractivity contribution in [3.63, 3.8) is 0 Å². The van der Waals surface area contributed by atoms with Crippen molar-refractivity contribution in [1.29, 1.82) is 0 Å². The van der Waals surface area contributed by atoms with Crippen LogP contribution in [0.3, 0.4) is 0 Å². The Morgan fingerprint density at radius 3 is 2.80 bits per heavy atom. The van der Waals surface area contributed by atoms with E-state index < -0.39 is 0 Å². The molecule has 2 aromatic rings. The van der Waals surface area contributed by atoms with Gasteiger partial charge in [0.05, 0.1) is 24.9 Å². The van der Waals surface area contributed by atoms with Gasteiger partial charge >= 0.3 is 0 Å². The molecule has 104 valence electrons. The summed E-state index contributed by atoms with van der Waals surface area (Å²) in [5.41, 5.74) is 7.85. The molecule has 0 aliphatic rings. The third-order valence-corrected chi connectivity index (χ3v) is 3.08. The Hall–Kier alpha value is -2.21. The Bertz CT molecular complexity index is 710. The fraction of sp³-hybridized carbons (Fsp3) is 0.214. The number of nitrogens with zero attached hydrogens (tertiary/aromatic N) is 2. The van der Waals surface area contributed by atoms with Crippen molar-refractivity contribution in [2.24, 2.45) is 5.73 Å². The number of hydrogen-bond acceptors (Lipinski definition) is 4. The van der Waals surface area contributed by atoms with Crippen LogP contribution in [0.5, 0.6) is 5.75 Å². The fourth-order valence-electron chi connectivity index (χ4n) is 1.88. The van der Waals surface area contributed by atoms with Gasteiger partial charge in [0.1, 0.15) is 10.7 Å². The molecule has 0 unspecified atom stereocenters. The van der Waals surface area contributed by atoms with Crippen LogP contribution in [0.4, 0.5) is 0 Å². The van der Waals surface area contributed by atoms with Crippen LogP contribution in [0.15, 0.2) is 35.1 Å². The number of aromatic nitrogens is 2. The van der Waals surface area contributed by atoms with Crippen LogP contribution in [0.1, 0.15) is 16.8 Å². The van der Waals surface area contributed by atoms with Gasteiger partial charge < -0.3 is 10.5 Å². The van der Waals surface area contributed by atoms with Gasteiger partial charge in [-0.05, 0) is 30.7 Å². The summed E-state index contributed by atoms with van der Waals surface area (Å²) in [5, 5.41) is 4.19. The van der Waals surface area contributed by atoms with Crippen LogP contribution in [-0.4, -0.2) is 21.9 Å². The summed E-state index contributed by atoms with van der Waals surface area (Å²) in [6.45, 7) is 2.20. The highest BCUT2D eigenvalue weighted by Gasteiger charge is 2.08. The summed E-state index contributed by atoms with van der Waals surface area (Å²) < 4.78 is 6.61. The highest BCUT2D eigenvalue weighted by molar-refractivity contribution is 7.80. The van der Waals surface area contributed by atoms with Crippen molar-refractivity contribution >= 4 is 17.2 Å². The first kappa shape index (κ1) is 14.2. The summed E-state index contributed by atoms with van der Waals surface area (Å²) in [6, 6.07) is 8.65. The van der Waals surface area contributed by atoms with E-state index in [9.17, 15) is 4.79 Å². The van der Waals surface area contributed by atoms with E-state index in [1.807, 2.05) is 19.1 Å². The molecule has 0 radical (unpaired) electrons. The number of methoxy groups -OCH3 is 1. The van der Waals surface area contributed by atoms with Gasteiger partial charge in [-0.1, -0.05) is 18.3 Å². The molecular weight excluding hydrogens is 274 g/mol. The standard InChI is InChI=1S/C14H15N3O2S/c1-9-3-6-13(18)17(16-9)8-10-4-5-12(19-2)11(7-10)14(15)20/h3-7H,8H2,1-2H3,(H2,15,20). The minimum Gasteiger partial charge on any atom is -0.496 e. The van der Waals surface area contributed by atoms with Crippen molar-refractivity contribution in [1.82, 2.24) is 9.78 Å². The van der Waals surface area contributed by atoms with E-state index in [0.717, 1.165) is 11.3 Å². The van der Waals surface area contributed by atoms with Gasteiger partial charge in [0, 0.05) is 6.07 Å². The van der Waals surface area contributed by atoms with Crippen LogP contribution in [0.2, 0.25) is 0 Å². The SMILES string of the molecule is COc1ccc(Cn2nc(C)ccc2=O)cc1C(N)=S. The second-order valence-electron chi connectivity index (χ2n) is 4.37. The number of rotatable bonds is 4. The molecule has 0 aliphatic carbocycles. The second-order valence-corrected chi connectivity index (χ2v) is 4.81. The van der Waals surface area contributed by atoms with Crippen molar-refractivity contribution in [2.45, 2.75) is 13.5 Å². The highest BCUT2D eigenvalue weighted by Crippen LogP contribution is 2.20. The van der Waals surface area contributed by atoms with Crippen LogP contribution in [-0.2, 0) is 6.54 Å². The second kappa shape index (κ2) is 5.83. The smallest absolute Gasteiger partial charge is 0.267 e. The molecule has 0 spiro atoms. The monoisotopic (exact) mass is 289 g/mol. The lowest BCUT2D eigenvalue weighted by molar-refractivity contribution is 0.413. The Morgan fingerprint density at radius 1 is 1.40 bits per heavy atom. The van der Waals surface area contributed by atoms with Crippen molar-refractivity contribution in [3.05, 3.63) is 57.5 Å². The number of thiocarbonyl (C=S) groups is 1. The molecule has 0 atom stereocenters. The number of hydrogen-bond donors (Lipinski definition) is 1. The van der Waals surface area contributed by atoms with Gasteiger partial charge in [0.2, 0.25) is 0 Å². The number of aryl methyl sites for hydroxylation is 1. The summed E-state index contributed by atoms with van der Waals surface area (Å²) in [6.07, 6.45) is 0. The number of benzene rings is 1. The summed E-state index contributed by atoms with van der Waals surface area (Å²) in [7, 11) is 1.56. The third kappa shape index (κ3) is 3.03. The van der Waals surface area contributed by atoms with Crippen LogP contribution < -0.4 is 16.0 Å². The van der Waals surface area contributed by atoms with Gasteiger partial charge in [-0.25, -0.2) is 4.68 Å². The van der Waals surface area contributed by atoms with Crippen molar-refractivity contribution in [3.8, 4) is 5.75 Å². The normalized spacial score (nSPS) is 10.3. The largest absolute Gasteiger partial charge is 0.496 e. The lowest BCUT2D eigenvalue weighted by atomic mass is 10.1. The summed E-state index contributed by atoms with van der Waals surface area (Å²) >= 11 is 5.00. The highest BCUT2D eigenvalue weighted by atomic mass is 32.1. The molecule has 0 amide bonds. The fourth-order valence-corrected chi connectivity index (χ4v) is 2.04. The van der Waals surface area contributed by atoms with E-state index >= 15 is 0 Å². The molecule has 0 aliphatic heterocycles. The Morgan fingerprint density at radius 2 is 2.15 bits per heavy atom. The van der Waals surface area contributed by atoms with Crippen molar-refractivity contribution < 1.29 is 4.74 Å². The van der Waals surface area contributed by atoms with E-state index in [0.29, 0.717) is 17.9 Å². The maximum atomic E-state index is 11.7. The van der Waals surface area contributed by atoms with Crippen LogP contribution >= 0.6 is 12.2 Å². The van der Waals surface area contributed by atoms with E-state index in [-0.39, 0.29) is 10.5 Å². The van der Waals surface area contributed by atoms with Gasteiger partial charge in [-0.2, -0.15) is 5.10 Å². The molecule has 2 rings (SSSR count). The maximum absolute atomic E-state index is 11.7. The average molecular weight is 289 g/mol. The minimum atomic E-state index is -0.150. The van der Waals surface area contributed by atoms with Gasteiger partial charge in [-0.3, -0.25) is 4.79 Å². The van der Waals surface area contributed by atoms with Crippen LogP contribution in [0, 0.1) is 6.92 Å². The van der Waals surface area contributed by atoms with E-state index in [4.69, 9.17) is 22.7 Å². The zero-order valence-electron chi connectivity index (χ0n) is 11.3. The van der Waals surface area contributed by atoms with Gasteiger partial charge in [-0.15, -0.1) is 0 Å². The Balaban J connectivity index is 2.39. The molecule has 1 aromatic carbocycles. The van der Waals surface area contributed by atoms with E-state index in [1.54, 1.807) is 19.2 Å². The summed E-state index contributed by atoms with van der Waals surface area (Å²) in [5.74, 6) is 0.616. The molecule has 2 N–H and O–H groups in total. The van der Waals surface area contributed by atoms with Gasteiger partial charge in [0.15, 0.2) is 0 Å². The first-order valence-corrected chi connectivity index (χ1v) is 6.43. The molecule has 1 heterocycles. The minimum absolute atomic E-state index is 0.150. The molecule has 0 saturated carbocycles. The van der Waals surface area contributed by atoms with E-state index in [2.05, 4.69) is 5.10 Å². The zero-order chi connectivity index (χ0) is 14.7. The summed E-state index contributed by atoms with van der Waals surface area (Å²) in [4.78, 5) is 12.0. The molecular formula is C14H15N3O2S. The first-order valence-electron chi connectivity index (χ1n) is 6.03. The Kier molecular flexibility index (Phi) is 4.14. The lowest BCUT2D eigenvalue weighted by Gasteiger charge is -2.10. The topological polar surface area (TPSA) is 70.1 Å². The number of nitrogens with two attached hydrogens (primary N) is 1. The molecule has 1 aromatic heterocycles. The lowest BCUT2D eigenvalue weighted by Crippen LogP contribution is -2.23.